The van der Waals surface area contributed by atoms with Crippen LogP contribution in [0, 0.1) is 5.92 Å². The Hall–Kier alpha value is -3.81. The molecule has 3 amide bonds. The number of amides is 3. The third kappa shape index (κ3) is 8.64. The van der Waals surface area contributed by atoms with Crippen LogP contribution in [0.15, 0.2) is 61.2 Å². The van der Waals surface area contributed by atoms with Crippen molar-refractivity contribution in [1.82, 2.24) is 10.2 Å². The third-order valence-electron chi connectivity index (χ3n) is 5.84. The molecule has 38 heavy (non-hydrogen) atoms. The number of aryl methyl sites for hydroxylation is 1. The second-order valence-corrected chi connectivity index (χ2v) is 10.4. The first-order valence-corrected chi connectivity index (χ1v) is 12.8. The van der Waals surface area contributed by atoms with Crippen molar-refractivity contribution in [3.63, 3.8) is 0 Å². The number of hydrogen-bond donors (Lipinski definition) is 2. The summed E-state index contributed by atoms with van der Waals surface area (Å²) < 4.78 is 10.6. The van der Waals surface area contributed by atoms with E-state index < -0.39 is 35.6 Å². The number of carbonyl (C=O) groups is 3. The second kappa shape index (κ2) is 13.7. The first-order valence-electron chi connectivity index (χ1n) is 12.8. The fourth-order valence-electron chi connectivity index (χ4n) is 3.88. The van der Waals surface area contributed by atoms with E-state index in [1.807, 2.05) is 45.0 Å². The highest BCUT2D eigenvalue weighted by atomic mass is 16.6. The minimum absolute atomic E-state index is 0.0915. The summed E-state index contributed by atoms with van der Waals surface area (Å²) >= 11 is 0. The number of nitrogens with zero attached hydrogens (tertiary/aromatic N) is 1. The molecular formula is C30H41N3O5. The monoisotopic (exact) mass is 523 g/mol. The highest BCUT2D eigenvalue weighted by Crippen LogP contribution is 2.26. The predicted molar refractivity (Wildman–Crippen MR) is 150 cm³/mol. The molecule has 0 spiro atoms. The molecule has 0 aliphatic heterocycles. The predicted octanol–water partition coefficient (Wildman–Crippen LogP) is 5.50. The van der Waals surface area contributed by atoms with Gasteiger partial charge in [-0.1, -0.05) is 51.1 Å². The van der Waals surface area contributed by atoms with Crippen molar-refractivity contribution in [1.29, 1.82) is 0 Å². The zero-order valence-electron chi connectivity index (χ0n) is 23.5. The molecule has 2 N–H and O–H groups in total. The normalized spacial score (nSPS) is 12.7. The van der Waals surface area contributed by atoms with Crippen molar-refractivity contribution < 1.29 is 23.9 Å². The molecule has 0 heterocycles. The molecule has 2 unspecified atom stereocenters. The Morgan fingerprint density at radius 1 is 1.03 bits per heavy atom. The summed E-state index contributed by atoms with van der Waals surface area (Å²) in [5.74, 6) is -0.421. The van der Waals surface area contributed by atoms with E-state index in [1.54, 1.807) is 58.2 Å². The smallest absolute Gasteiger partial charge is 0.408 e. The molecule has 0 radical (unpaired) electrons. The standard InChI is InChI=1S/C30H41N3O5/c1-9-19-33(28(35)25(20(3)4)32-29(36)38-30(5,6)7)26(22-13-11-21(10-2)12-14-22)27(34)31-23-15-17-24(37-8)18-16-23/h9,11-18,20,25-26H,1,10,19H2,2-8H3,(H,31,34)(H,32,36). The van der Waals surface area contributed by atoms with Gasteiger partial charge in [-0.3, -0.25) is 9.59 Å². The molecule has 2 atom stereocenters. The summed E-state index contributed by atoms with van der Waals surface area (Å²) in [4.78, 5) is 41.7. The Morgan fingerprint density at radius 2 is 1.63 bits per heavy atom. The molecule has 8 heteroatoms. The number of methoxy groups -OCH3 is 1. The van der Waals surface area contributed by atoms with Crippen LogP contribution < -0.4 is 15.4 Å². The van der Waals surface area contributed by atoms with E-state index in [1.165, 1.54) is 4.90 Å². The summed E-state index contributed by atoms with van der Waals surface area (Å²) in [6.45, 7) is 14.9. The first kappa shape index (κ1) is 30.4. The van der Waals surface area contributed by atoms with Gasteiger partial charge < -0.3 is 25.0 Å². The van der Waals surface area contributed by atoms with Gasteiger partial charge in [0.1, 0.15) is 23.4 Å². The van der Waals surface area contributed by atoms with Crippen molar-refractivity contribution in [2.24, 2.45) is 5.92 Å². The lowest BCUT2D eigenvalue weighted by molar-refractivity contribution is -0.141. The van der Waals surface area contributed by atoms with E-state index >= 15 is 0 Å². The van der Waals surface area contributed by atoms with Gasteiger partial charge in [-0.05, 0) is 68.5 Å². The minimum Gasteiger partial charge on any atom is -0.497 e. The van der Waals surface area contributed by atoms with Gasteiger partial charge in [0.05, 0.1) is 7.11 Å². The van der Waals surface area contributed by atoms with Gasteiger partial charge in [-0.2, -0.15) is 0 Å². The molecule has 0 saturated heterocycles. The number of nitrogens with one attached hydrogen (secondary N) is 2. The summed E-state index contributed by atoms with van der Waals surface area (Å²) in [6.07, 6.45) is 1.71. The van der Waals surface area contributed by atoms with Crippen LogP contribution in [0.3, 0.4) is 0 Å². The van der Waals surface area contributed by atoms with E-state index in [2.05, 4.69) is 17.2 Å². The number of anilines is 1. The average molecular weight is 524 g/mol. The van der Waals surface area contributed by atoms with E-state index in [4.69, 9.17) is 9.47 Å². The van der Waals surface area contributed by atoms with Gasteiger partial charge in [0.2, 0.25) is 5.91 Å². The zero-order valence-corrected chi connectivity index (χ0v) is 23.5. The summed E-state index contributed by atoms with van der Waals surface area (Å²) in [5.41, 5.74) is 1.58. The van der Waals surface area contributed by atoms with Gasteiger partial charge in [0.15, 0.2) is 0 Å². The van der Waals surface area contributed by atoms with Crippen molar-refractivity contribution in [3.05, 3.63) is 72.3 Å². The molecule has 0 aliphatic carbocycles. The molecule has 2 aromatic carbocycles. The van der Waals surface area contributed by atoms with Crippen LogP contribution in [-0.2, 0) is 20.7 Å². The number of ether oxygens (including phenoxy) is 2. The summed E-state index contributed by atoms with van der Waals surface area (Å²) in [5, 5.41) is 5.62. The third-order valence-corrected chi connectivity index (χ3v) is 5.84. The molecule has 0 aromatic heterocycles. The van der Waals surface area contributed by atoms with Crippen molar-refractivity contribution in [2.75, 3.05) is 19.0 Å². The van der Waals surface area contributed by atoms with Crippen LogP contribution >= 0.6 is 0 Å². The molecule has 2 aromatic rings. The molecule has 0 aliphatic rings. The SMILES string of the molecule is C=CCN(C(=O)C(NC(=O)OC(C)(C)C)C(C)C)C(C(=O)Nc1ccc(OC)cc1)c1ccc(CC)cc1. The number of benzene rings is 2. The van der Waals surface area contributed by atoms with Crippen LogP contribution in [0.25, 0.3) is 0 Å². The van der Waals surface area contributed by atoms with Crippen LogP contribution in [0.4, 0.5) is 10.5 Å². The van der Waals surface area contributed by atoms with E-state index in [0.29, 0.717) is 17.0 Å². The largest absolute Gasteiger partial charge is 0.497 e. The fraction of sp³-hybridized carbons (Fsp3) is 0.433. The van der Waals surface area contributed by atoms with Gasteiger partial charge in [0.25, 0.3) is 5.91 Å². The van der Waals surface area contributed by atoms with Crippen molar-refractivity contribution in [2.45, 2.75) is 65.6 Å². The molecule has 0 saturated carbocycles. The van der Waals surface area contributed by atoms with Gasteiger partial charge in [0, 0.05) is 12.2 Å². The Morgan fingerprint density at radius 3 is 2.11 bits per heavy atom. The topological polar surface area (TPSA) is 97.0 Å². The van der Waals surface area contributed by atoms with E-state index in [-0.39, 0.29) is 12.5 Å². The number of carbonyl (C=O) groups excluding carboxylic acids is 3. The number of hydrogen-bond acceptors (Lipinski definition) is 5. The average Bonchev–Trinajstić information content (AvgIpc) is 2.86. The lowest BCUT2D eigenvalue weighted by atomic mass is 9.98. The number of alkyl carbamates (subject to hydrolysis) is 1. The lowest BCUT2D eigenvalue weighted by Crippen LogP contribution is -2.54. The summed E-state index contributed by atoms with van der Waals surface area (Å²) in [7, 11) is 1.57. The number of rotatable bonds is 11. The highest BCUT2D eigenvalue weighted by Gasteiger charge is 2.37. The molecule has 206 valence electrons. The second-order valence-electron chi connectivity index (χ2n) is 10.4. The molecule has 8 nitrogen and oxygen atoms in total. The zero-order chi connectivity index (χ0) is 28.5. The Kier molecular flexibility index (Phi) is 10.9. The molecular weight excluding hydrogens is 482 g/mol. The first-order chi connectivity index (χ1) is 17.9. The van der Waals surface area contributed by atoms with Gasteiger partial charge in [-0.25, -0.2) is 4.79 Å². The van der Waals surface area contributed by atoms with Gasteiger partial charge >= 0.3 is 6.09 Å². The quantitative estimate of drug-likeness (QED) is 0.379. The van der Waals surface area contributed by atoms with E-state index in [0.717, 1.165) is 12.0 Å². The maximum atomic E-state index is 14.0. The minimum atomic E-state index is -0.977. The summed E-state index contributed by atoms with van der Waals surface area (Å²) in [6, 6.07) is 12.6. The highest BCUT2D eigenvalue weighted by molar-refractivity contribution is 5.99. The molecule has 0 fully saturated rings. The lowest BCUT2D eigenvalue weighted by Gasteiger charge is -2.35. The Labute approximate surface area is 226 Å². The Balaban J connectivity index is 2.48. The van der Waals surface area contributed by atoms with Crippen LogP contribution in [0.5, 0.6) is 5.75 Å². The molecule has 2 rings (SSSR count). The van der Waals surface area contributed by atoms with Crippen molar-refractivity contribution >= 4 is 23.6 Å². The van der Waals surface area contributed by atoms with Crippen LogP contribution in [-0.4, -0.2) is 48.1 Å². The van der Waals surface area contributed by atoms with E-state index in [9.17, 15) is 14.4 Å². The van der Waals surface area contributed by atoms with Crippen molar-refractivity contribution in [3.8, 4) is 5.75 Å². The fourth-order valence-corrected chi connectivity index (χ4v) is 3.88. The maximum absolute atomic E-state index is 14.0. The van der Waals surface area contributed by atoms with Crippen LogP contribution in [0.2, 0.25) is 0 Å². The Bertz CT molecular complexity index is 1090. The van der Waals surface area contributed by atoms with Gasteiger partial charge in [-0.15, -0.1) is 6.58 Å². The molecule has 0 bridgehead atoms. The van der Waals surface area contributed by atoms with Crippen LogP contribution in [0.1, 0.15) is 58.7 Å². The maximum Gasteiger partial charge on any atom is 0.408 e.